The van der Waals surface area contributed by atoms with Crippen molar-refractivity contribution < 1.29 is 13.6 Å². The van der Waals surface area contributed by atoms with Gasteiger partial charge in [0.2, 0.25) is 0 Å². The Morgan fingerprint density at radius 3 is 2.83 bits per heavy atom. The lowest BCUT2D eigenvalue weighted by Gasteiger charge is -2.12. The van der Waals surface area contributed by atoms with E-state index in [1.807, 2.05) is 0 Å². The maximum absolute atomic E-state index is 13.1. The third kappa shape index (κ3) is 3.05. The summed E-state index contributed by atoms with van der Waals surface area (Å²) < 4.78 is 26.2. The van der Waals surface area contributed by atoms with E-state index in [9.17, 15) is 13.6 Å². The van der Waals surface area contributed by atoms with Gasteiger partial charge in [0.1, 0.15) is 0 Å². The molecule has 18 heavy (non-hydrogen) atoms. The summed E-state index contributed by atoms with van der Waals surface area (Å²) in [7, 11) is 0. The van der Waals surface area contributed by atoms with Gasteiger partial charge in [-0.1, -0.05) is 0 Å². The molecule has 0 bridgehead atoms. The predicted octanol–water partition coefficient (Wildman–Crippen LogP) is 2.21. The van der Waals surface area contributed by atoms with E-state index in [4.69, 9.17) is 0 Å². The van der Waals surface area contributed by atoms with Crippen LogP contribution in [-0.2, 0) is 0 Å². The molecule has 2 rings (SSSR count). The summed E-state index contributed by atoms with van der Waals surface area (Å²) in [6, 6.07) is 2.12. The first kappa shape index (κ1) is 13.4. The van der Waals surface area contributed by atoms with Crippen molar-refractivity contribution >= 4 is 21.8 Å². The molecule has 3 nitrogen and oxygen atoms in total. The fraction of sp³-hybridized carbons (Fsp3) is 0.417. The molecule has 1 aliphatic heterocycles. The highest BCUT2D eigenvalue weighted by Crippen LogP contribution is 2.20. The number of benzene rings is 1. The zero-order valence-electron chi connectivity index (χ0n) is 9.60. The Morgan fingerprint density at radius 2 is 2.17 bits per heavy atom. The van der Waals surface area contributed by atoms with E-state index >= 15 is 0 Å². The fourth-order valence-corrected chi connectivity index (χ4v) is 2.43. The standard InChI is InChI=1S/C12H13BrF2N2O/c13-9-5-11(15)10(14)4-8(9)12(18)17-6-7-2-1-3-16-7/h4-5,7,16H,1-3,6H2,(H,17,18). The van der Waals surface area contributed by atoms with Crippen molar-refractivity contribution in [3.8, 4) is 0 Å². The Kier molecular flexibility index (Phi) is 4.29. The van der Waals surface area contributed by atoms with Crippen LogP contribution in [0, 0.1) is 11.6 Å². The third-order valence-corrected chi connectivity index (χ3v) is 3.58. The van der Waals surface area contributed by atoms with E-state index in [1.54, 1.807) is 0 Å². The lowest BCUT2D eigenvalue weighted by atomic mass is 10.2. The maximum atomic E-state index is 13.1. The van der Waals surface area contributed by atoms with Gasteiger partial charge < -0.3 is 10.6 Å². The van der Waals surface area contributed by atoms with Gasteiger partial charge in [0, 0.05) is 17.1 Å². The highest BCUT2D eigenvalue weighted by atomic mass is 79.9. The van der Waals surface area contributed by atoms with Crippen LogP contribution in [0.15, 0.2) is 16.6 Å². The molecule has 1 atom stereocenters. The number of carbonyl (C=O) groups excluding carboxylic acids is 1. The zero-order valence-corrected chi connectivity index (χ0v) is 11.2. The smallest absolute Gasteiger partial charge is 0.252 e. The Morgan fingerprint density at radius 1 is 1.44 bits per heavy atom. The van der Waals surface area contributed by atoms with Crippen LogP contribution in [0.3, 0.4) is 0 Å². The van der Waals surface area contributed by atoms with Gasteiger partial charge in [0.15, 0.2) is 11.6 Å². The molecule has 1 unspecified atom stereocenters. The largest absolute Gasteiger partial charge is 0.350 e. The molecule has 0 radical (unpaired) electrons. The van der Waals surface area contributed by atoms with Crippen LogP contribution in [0.5, 0.6) is 0 Å². The van der Waals surface area contributed by atoms with Gasteiger partial charge in [-0.2, -0.15) is 0 Å². The molecule has 0 aliphatic carbocycles. The van der Waals surface area contributed by atoms with Crippen molar-refractivity contribution in [3.63, 3.8) is 0 Å². The summed E-state index contributed by atoms with van der Waals surface area (Å²) in [4.78, 5) is 11.8. The molecular formula is C12H13BrF2N2O. The molecule has 1 aliphatic rings. The zero-order chi connectivity index (χ0) is 13.1. The third-order valence-electron chi connectivity index (χ3n) is 2.93. The van der Waals surface area contributed by atoms with E-state index in [0.717, 1.165) is 31.5 Å². The van der Waals surface area contributed by atoms with E-state index in [0.29, 0.717) is 6.54 Å². The first-order valence-electron chi connectivity index (χ1n) is 5.74. The van der Waals surface area contributed by atoms with Crippen LogP contribution in [0.4, 0.5) is 8.78 Å². The highest BCUT2D eigenvalue weighted by molar-refractivity contribution is 9.10. The normalized spacial score (nSPS) is 18.9. The molecule has 1 aromatic rings. The quantitative estimate of drug-likeness (QED) is 0.839. The molecular weight excluding hydrogens is 306 g/mol. The van der Waals surface area contributed by atoms with Crippen LogP contribution in [-0.4, -0.2) is 25.0 Å². The number of carbonyl (C=O) groups is 1. The lowest BCUT2D eigenvalue weighted by molar-refractivity contribution is 0.0949. The number of nitrogens with one attached hydrogen (secondary N) is 2. The number of hydrogen-bond donors (Lipinski definition) is 2. The summed E-state index contributed by atoms with van der Waals surface area (Å²) in [6.45, 7) is 1.44. The van der Waals surface area contributed by atoms with Crippen molar-refractivity contribution in [3.05, 3.63) is 33.8 Å². The Labute approximate surface area is 112 Å². The lowest BCUT2D eigenvalue weighted by Crippen LogP contribution is -2.37. The Hall–Kier alpha value is -1.01. The Balaban J connectivity index is 2.01. The van der Waals surface area contributed by atoms with E-state index in [2.05, 4.69) is 26.6 Å². The van der Waals surface area contributed by atoms with E-state index in [-0.39, 0.29) is 16.1 Å². The number of halogens is 3. The second kappa shape index (κ2) is 5.75. The van der Waals surface area contributed by atoms with Crippen molar-refractivity contribution in [1.82, 2.24) is 10.6 Å². The second-order valence-electron chi connectivity index (χ2n) is 4.25. The molecule has 0 aromatic heterocycles. The molecule has 6 heteroatoms. The first-order chi connectivity index (χ1) is 8.58. The minimum atomic E-state index is -1.03. The van der Waals surface area contributed by atoms with Gasteiger partial charge in [-0.05, 0) is 47.4 Å². The average Bonchev–Trinajstić information content (AvgIpc) is 2.84. The number of amides is 1. The van der Waals surface area contributed by atoms with Crippen molar-refractivity contribution in [2.75, 3.05) is 13.1 Å². The minimum Gasteiger partial charge on any atom is -0.350 e. The van der Waals surface area contributed by atoms with E-state index in [1.165, 1.54) is 0 Å². The van der Waals surface area contributed by atoms with Crippen LogP contribution in [0.25, 0.3) is 0 Å². The van der Waals surface area contributed by atoms with Crippen molar-refractivity contribution in [2.45, 2.75) is 18.9 Å². The van der Waals surface area contributed by atoms with Crippen molar-refractivity contribution in [2.24, 2.45) is 0 Å². The molecule has 2 N–H and O–H groups in total. The molecule has 1 amide bonds. The molecule has 0 saturated carbocycles. The molecule has 1 aromatic carbocycles. The molecule has 1 saturated heterocycles. The summed E-state index contributed by atoms with van der Waals surface area (Å²) in [6.07, 6.45) is 2.11. The summed E-state index contributed by atoms with van der Waals surface area (Å²) >= 11 is 3.05. The first-order valence-corrected chi connectivity index (χ1v) is 6.53. The molecule has 98 valence electrons. The molecule has 0 spiro atoms. The summed E-state index contributed by atoms with van der Waals surface area (Å²) in [5, 5.41) is 5.95. The van der Waals surface area contributed by atoms with Gasteiger partial charge in [0.05, 0.1) is 5.56 Å². The predicted molar refractivity (Wildman–Crippen MR) is 67.4 cm³/mol. The Bertz CT molecular complexity index is 462. The van der Waals surface area contributed by atoms with Gasteiger partial charge in [-0.3, -0.25) is 4.79 Å². The van der Waals surface area contributed by atoms with Crippen LogP contribution in [0.2, 0.25) is 0 Å². The van der Waals surface area contributed by atoms with Crippen molar-refractivity contribution in [1.29, 1.82) is 0 Å². The number of hydrogen-bond acceptors (Lipinski definition) is 2. The van der Waals surface area contributed by atoms with Gasteiger partial charge in [-0.25, -0.2) is 8.78 Å². The number of rotatable bonds is 3. The monoisotopic (exact) mass is 318 g/mol. The average molecular weight is 319 g/mol. The van der Waals surface area contributed by atoms with Gasteiger partial charge >= 0.3 is 0 Å². The highest BCUT2D eigenvalue weighted by Gasteiger charge is 2.18. The maximum Gasteiger partial charge on any atom is 0.252 e. The summed E-state index contributed by atoms with van der Waals surface area (Å²) in [5.74, 6) is -2.41. The minimum absolute atomic E-state index is 0.104. The fourth-order valence-electron chi connectivity index (χ4n) is 1.94. The SMILES string of the molecule is O=C(NCC1CCCN1)c1cc(F)c(F)cc1Br. The summed E-state index contributed by atoms with van der Waals surface area (Å²) in [5.41, 5.74) is 0.104. The molecule has 1 fully saturated rings. The van der Waals surface area contributed by atoms with Gasteiger partial charge in [0.25, 0.3) is 5.91 Å². The van der Waals surface area contributed by atoms with Gasteiger partial charge in [-0.15, -0.1) is 0 Å². The van der Waals surface area contributed by atoms with Crippen LogP contribution in [0.1, 0.15) is 23.2 Å². The van der Waals surface area contributed by atoms with Crippen LogP contribution < -0.4 is 10.6 Å². The molecule has 1 heterocycles. The topological polar surface area (TPSA) is 41.1 Å². The second-order valence-corrected chi connectivity index (χ2v) is 5.10. The van der Waals surface area contributed by atoms with Crippen LogP contribution >= 0.6 is 15.9 Å². The van der Waals surface area contributed by atoms with E-state index < -0.39 is 17.5 Å².